The molecule has 1 amide bonds. The van der Waals surface area contributed by atoms with Crippen LogP contribution in [0.2, 0.25) is 0 Å². The fraction of sp³-hybridized carbons (Fsp3) is 0.556. The molecule has 13 heteroatoms. The summed E-state index contributed by atoms with van der Waals surface area (Å²) in [6.07, 6.45) is -18.7. The third-order valence-electron chi connectivity index (χ3n) is 1.57. The van der Waals surface area contributed by atoms with Crippen molar-refractivity contribution in [2.75, 3.05) is 6.61 Å². The highest BCUT2D eigenvalue weighted by molar-refractivity contribution is 5.87. The fourth-order valence-corrected chi connectivity index (χ4v) is 0.633. The summed E-state index contributed by atoms with van der Waals surface area (Å²) < 4.78 is 80.0. The Labute approximate surface area is 118 Å². The minimum Gasteiger partial charge on any atom is -0.438 e. The number of amides is 1. The third-order valence-corrected chi connectivity index (χ3v) is 1.57. The lowest BCUT2D eigenvalue weighted by molar-refractivity contribution is -0.475. The van der Waals surface area contributed by atoms with Crippen LogP contribution in [0, 0.1) is 0 Å². The van der Waals surface area contributed by atoms with Gasteiger partial charge in [-0.05, 0) is 6.92 Å². The molecular formula is C9H9F6NO6. The highest BCUT2D eigenvalue weighted by atomic mass is 19.3. The summed E-state index contributed by atoms with van der Waals surface area (Å²) >= 11 is 0. The van der Waals surface area contributed by atoms with E-state index in [2.05, 4.69) is 20.9 Å². The van der Waals surface area contributed by atoms with Gasteiger partial charge in [-0.25, -0.2) is 14.3 Å². The van der Waals surface area contributed by atoms with Gasteiger partial charge in [-0.15, -0.1) is 5.48 Å². The quantitative estimate of drug-likeness (QED) is 0.432. The van der Waals surface area contributed by atoms with Gasteiger partial charge >= 0.3 is 30.4 Å². The van der Waals surface area contributed by atoms with Crippen molar-refractivity contribution >= 4 is 12.1 Å². The monoisotopic (exact) mass is 341 g/mol. The van der Waals surface area contributed by atoms with E-state index >= 15 is 0 Å². The molecule has 0 heterocycles. The molecule has 0 bridgehead atoms. The lowest BCUT2D eigenvalue weighted by Gasteiger charge is -2.25. The Hall–Kier alpha value is -2.02. The first-order valence-corrected chi connectivity index (χ1v) is 5.03. The van der Waals surface area contributed by atoms with Crippen LogP contribution in [-0.4, -0.2) is 42.1 Å². The van der Waals surface area contributed by atoms with Crippen LogP contribution < -0.4 is 5.48 Å². The minimum atomic E-state index is -5.94. The number of aliphatic hydroxyl groups is 1. The number of carbonyl (C=O) groups is 2. The molecule has 0 saturated carbocycles. The summed E-state index contributed by atoms with van der Waals surface area (Å²) in [5.41, 5.74) is 1.00. The summed E-state index contributed by atoms with van der Waals surface area (Å²) in [5.74, 6) is -1.16. The molecule has 0 fully saturated rings. The standard InChI is InChI=1S/C9H9F6NO6/c1-4(2)5(17)21-16-6(18)20-3-7(10,11)22-9(14,15)8(12,13)19/h19H,1,3H2,2H3,(H,16,18). The molecule has 0 unspecified atom stereocenters. The normalized spacial score (nSPS) is 12.5. The predicted molar refractivity (Wildman–Crippen MR) is 53.5 cm³/mol. The number of nitrogens with one attached hydrogen (secondary N) is 1. The van der Waals surface area contributed by atoms with Crippen LogP contribution in [0.25, 0.3) is 0 Å². The highest BCUT2D eigenvalue weighted by Gasteiger charge is 2.62. The molecule has 0 aromatic rings. The van der Waals surface area contributed by atoms with Crippen molar-refractivity contribution < 1.29 is 55.3 Å². The molecule has 2 N–H and O–H groups in total. The van der Waals surface area contributed by atoms with Gasteiger partial charge in [-0.2, -0.15) is 26.3 Å². The summed E-state index contributed by atoms with van der Waals surface area (Å²) in [6, 6.07) is 0. The van der Waals surface area contributed by atoms with Gasteiger partial charge in [0.15, 0.2) is 6.61 Å². The number of hydrogen-bond donors (Lipinski definition) is 2. The summed E-state index contributed by atoms with van der Waals surface area (Å²) in [6.45, 7) is 2.03. The third kappa shape index (κ3) is 6.62. The van der Waals surface area contributed by atoms with Gasteiger partial charge in [0.25, 0.3) is 0 Å². The molecule has 0 aliphatic heterocycles. The molecule has 0 rings (SSSR count). The molecule has 128 valence electrons. The number of halogens is 6. The highest BCUT2D eigenvalue weighted by Crippen LogP contribution is 2.37. The topological polar surface area (TPSA) is 94.1 Å². The molecule has 0 aliphatic rings. The Morgan fingerprint density at radius 1 is 1.18 bits per heavy atom. The first kappa shape index (κ1) is 20.0. The Kier molecular flexibility index (Phi) is 6.20. The molecule has 0 aromatic heterocycles. The Morgan fingerprint density at radius 2 is 1.68 bits per heavy atom. The molecule has 0 radical (unpaired) electrons. The van der Waals surface area contributed by atoms with E-state index < -0.39 is 37.0 Å². The molecule has 0 spiro atoms. The van der Waals surface area contributed by atoms with Gasteiger partial charge in [-0.3, -0.25) is 0 Å². The van der Waals surface area contributed by atoms with Crippen molar-refractivity contribution in [3.63, 3.8) is 0 Å². The Morgan fingerprint density at radius 3 is 2.09 bits per heavy atom. The molecule has 7 nitrogen and oxygen atoms in total. The van der Waals surface area contributed by atoms with E-state index in [4.69, 9.17) is 5.11 Å². The van der Waals surface area contributed by atoms with E-state index in [1.165, 1.54) is 12.4 Å². The number of carbonyl (C=O) groups excluding carboxylic acids is 2. The predicted octanol–water partition coefficient (Wildman–Crippen LogP) is 1.53. The molecule has 0 aliphatic carbocycles. The van der Waals surface area contributed by atoms with Crippen molar-refractivity contribution in [1.82, 2.24) is 5.48 Å². The van der Waals surface area contributed by atoms with Gasteiger partial charge < -0.3 is 14.7 Å². The van der Waals surface area contributed by atoms with E-state index in [1.54, 1.807) is 0 Å². The number of rotatable bonds is 6. The lowest BCUT2D eigenvalue weighted by atomic mass is 10.4. The maximum atomic E-state index is 12.8. The van der Waals surface area contributed by atoms with Crippen LogP contribution in [0.1, 0.15) is 6.92 Å². The summed E-state index contributed by atoms with van der Waals surface area (Å²) in [4.78, 5) is 25.5. The second-order valence-electron chi connectivity index (χ2n) is 3.65. The zero-order valence-electron chi connectivity index (χ0n) is 10.7. The second-order valence-corrected chi connectivity index (χ2v) is 3.65. The molecule has 0 aromatic carbocycles. The van der Waals surface area contributed by atoms with Crippen LogP contribution in [0.15, 0.2) is 12.2 Å². The fourth-order valence-electron chi connectivity index (χ4n) is 0.633. The zero-order chi connectivity index (χ0) is 17.8. The minimum absolute atomic E-state index is 0.182. The van der Waals surface area contributed by atoms with E-state index in [-0.39, 0.29) is 5.57 Å². The maximum absolute atomic E-state index is 12.8. The summed E-state index contributed by atoms with van der Waals surface area (Å²) in [5, 5.41) is 7.66. The number of hydrogen-bond acceptors (Lipinski definition) is 6. The van der Waals surface area contributed by atoms with E-state index in [0.717, 1.165) is 0 Å². The van der Waals surface area contributed by atoms with Crippen molar-refractivity contribution in [3.8, 4) is 0 Å². The molecule has 22 heavy (non-hydrogen) atoms. The van der Waals surface area contributed by atoms with Gasteiger partial charge in [-0.1, -0.05) is 6.58 Å². The van der Waals surface area contributed by atoms with Gasteiger partial charge in [0.1, 0.15) is 0 Å². The van der Waals surface area contributed by atoms with Crippen molar-refractivity contribution in [2.24, 2.45) is 0 Å². The van der Waals surface area contributed by atoms with Crippen LogP contribution in [0.5, 0.6) is 0 Å². The zero-order valence-corrected chi connectivity index (χ0v) is 10.7. The molecule has 0 saturated heterocycles. The number of ether oxygens (including phenoxy) is 2. The van der Waals surface area contributed by atoms with Crippen LogP contribution in [-0.2, 0) is 19.1 Å². The van der Waals surface area contributed by atoms with Gasteiger partial charge in [0.05, 0.1) is 0 Å². The molecule has 0 atom stereocenters. The van der Waals surface area contributed by atoms with Crippen LogP contribution in [0.3, 0.4) is 0 Å². The van der Waals surface area contributed by atoms with Crippen molar-refractivity contribution in [3.05, 3.63) is 12.2 Å². The average Bonchev–Trinajstić information content (AvgIpc) is 2.30. The average molecular weight is 341 g/mol. The number of alkyl halides is 6. The maximum Gasteiger partial charge on any atom is 0.452 e. The second kappa shape index (κ2) is 6.83. The summed E-state index contributed by atoms with van der Waals surface area (Å²) in [7, 11) is 0. The van der Waals surface area contributed by atoms with Crippen molar-refractivity contribution in [1.29, 1.82) is 0 Å². The number of hydroxylamine groups is 1. The lowest BCUT2D eigenvalue weighted by Crippen LogP contribution is -2.48. The largest absolute Gasteiger partial charge is 0.452 e. The Balaban J connectivity index is 4.41. The van der Waals surface area contributed by atoms with Crippen molar-refractivity contribution in [2.45, 2.75) is 25.2 Å². The molecular weight excluding hydrogens is 332 g/mol. The first-order valence-electron chi connectivity index (χ1n) is 5.03. The van der Waals surface area contributed by atoms with E-state index in [0.29, 0.717) is 0 Å². The SMILES string of the molecule is C=C(C)C(=O)ONC(=O)OCC(F)(F)OC(F)(F)C(O)(F)F. The van der Waals surface area contributed by atoms with Crippen LogP contribution in [0.4, 0.5) is 31.1 Å². The van der Waals surface area contributed by atoms with E-state index in [1.807, 2.05) is 0 Å². The van der Waals surface area contributed by atoms with E-state index in [9.17, 15) is 35.9 Å². The smallest absolute Gasteiger partial charge is 0.438 e. The first-order chi connectivity index (χ1) is 9.68. The Bertz CT molecular complexity index is 448. The van der Waals surface area contributed by atoms with Crippen LogP contribution >= 0.6 is 0 Å². The van der Waals surface area contributed by atoms with Gasteiger partial charge in [0, 0.05) is 5.57 Å². The van der Waals surface area contributed by atoms with Gasteiger partial charge in [0.2, 0.25) is 0 Å².